The number of hydrogen-bond donors (Lipinski definition) is 2. The molecule has 1 aromatic heterocycles. The summed E-state index contributed by atoms with van der Waals surface area (Å²) in [5, 5.41) is 2.72. The fraction of sp³-hybridized carbons (Fsp3) is 0.310. The number of aromatic amines is 1. The van der Waals surface area contributed by atoms with Gasteiger partial charge < -0.3 is 10.3 Å². The van der Waals surface area contributed by atoms with Crippen molar-refractivity contribution in [1.82, 2.24) is 15.3 Å². The maximum Gasteiger partial charge on any atom is 0.416 e. The minimum atomic E-state index is -4.39. The molecular weight excluding hydrogens is 463 g/mol. The zero-order chi connectivity index (χ0) is 25.3. The van der Waals surface area contributed by atoms with Gasteiger partial charge in [0.2, 0.25) is 5.91 Å². The van der Waals surface area contributed by atoms with E-state index in [1.54, 1.807) is 7.05 Å². The first-order chi connectivity index (χ1) is 17.3. The van der Waals surface area contributed by atoms with Crippen LogP contribution in [0, 0.1) is 5.92 Å². The number of aromatic nitrogens is 2. The Kier molecular flexibility index (Phi) is 6.56. The third kappa shape index (κ3) is 5.15. The Morgan fingerprint density at radius 1 is 0.917 bits per heavy atom. The third-order valence-corrected chi connectivity index (χ3v) is 7.28. The number of H-pyrrole nitrogens is 1. The number of nitrogens with zero attached hydrogens (tertiary/aromatic N) is 1. The molecule has 0 atom stereocenters. The van der Waals surface area contributed by atoms with Crippen molar-refractivity contribution in [3.63, 3.8) is 0 Å². The predicted molar refractivity (Wildman–Crippen MR) is 135 cm³/mol. The van der Waals surface area contributed by atoms with E-state index in [1.807, 2.05) is 24.3 Å². The molecule has 1 aliphatic carbocycles. The molecular formula is C29H28F3N3O. The van der Waals surface area contributed by atoms with Gasteiger partial charge in [0.15, 0.2) is 0 Å². The van der Waals surface area contributed by atoms with Crippen LogP contribution in [0.1, 0.15) is 49.1 Å². The minimum absolute atomic E-state index is 0.129. The van der Waals surface area contributed by atoms with Gasteiger partial charge in [-0.15, -0.1) is 0 Å². The Labute approximate surface area is 208 Å². The molecule has 0 radical (unpaired) electrons. The Hall–Kier alpha value is -3.61. The molecule has 5 rings (SSSR count). The molecule has 1 aliphatic rings. The van der Waals surface area contributed by atoms with E-state index in [9.17, 15) is 18.0 Å². The zero-order valence-electron chi connectivity index (χ0n) is 20.0. The van der Waals surface area contributed by atoms with E-state index >= 15 is 0 Å². The molecule has 3 aromatic carbocycles. The summed E-state index contributed by atoms with van der Waals surface area (Å²) in [6.45, 7) is 0. The lowest BCUT2D eigenvalue weighted by atomic mass is 9.77. The Bertz CT molecular complexity index is 1350. The number of carbonyl (C=O) groups is 1. The van der Waals surface area contributed by atoms with E-state index in [4.69, 9.17) is 0 Å². The van der Waals surface area contributed by atoms with Crippen molar-refractivity contribution in [3.8, 4) is 22.5 Å². The summed E-state index contributed by atoms with van der Waals surface area (Å²) in [6.07, 6.45) is 0.625. The normalized spacial score (nSPS) is 18.3. The molecule has 1 heterocycles. The van der Waals surface area contributed by atoms with E-state index in [-0.39, 0.29) is 5.91 Å². The van der Waals surface area contributed by atoms with Crippen LogP contribution in [0.4, 0.5) is 13.2 Å². The highest BCUT2D eigenvalue weighted by molar-refractivity contribution is 5.80. The van der Waals surface area contributed by atoms with Crippen molar-refractivity contribution < 1.29 is 18.0 Å². The predicted octanol–water partition coefficient (Wildman–Crippen LogP) is 7.33. The van der Waals surface area contributed by atoms with E-state index in [0.29, 0.717) is 35.1 Å². The van der Waals surface area contributed by atoms with Crippen LogP contribution in [0.5, 0.6) is 0 Å². The highest BCUT2D eigenvalue weighted by Crippen LogP contribution is 2.38. The number of nitrogens with one attached hydrogen (secondary N) is 2. The van der Waals surface area contributed by atoms with Gasteiger partial charge in [-0.25, -0.2) is 4.98 Å². The summed E-state index contributed by atoms with van der Waals surface area (Å²) < 4.78 is 39.0. The molecule has 4 aromatic rings. The maximum absolute atomic E-state index is 13.0. The standard InChI is InChI=1S/C29H28F3N3O/c1-33-27(36)16-18-2-4-19(5-3-18)20-6-8-21(9-7-20)22-10-12-23(13-11-22)28-34-25-15-14-24(29(30,31)32)17-26(25)35-28/h6-15,17-19H,2-5,16H2,1H3,(H,33,36)(H,34,35). The second-order valence-electron chi connectivity index (χ2n) is 9.61. The van der Waals surface area contributed by atoms with E-state index in [2.05, 4.69) is 39.6 Å². The van der Waals surface area contributed by atoms with Crippen LogP contribution >= 0.6 is 0 Å². The number of imidazole rings is 1. The van der Waals surface area contributed by atoms with E-state index in [0.717, 1.165) is 54.5 Å². The van der Waals surface area contributed by atoms with Crippen molar-refractivity contribution in [2.45, 2.75) is 44.2 Å². The van der Waals surface area contributed by atoms with Gasteiger partial charge in [-0.05, 0) is 72.4 Å². The van der Waals surface area contributed by atoms with E-state index < -0.39 is 11.7 Å². The monoisotopic (exact) mass is 491 g/mol. The van der Waals surface area contributed by atoms with Crippen molar-refractivity contribution in [1.29, 1.82) is 0 Å². The maximum atomic E-state index is 13.0. The van der Waals surface area contributed by atoms with Gasteiger partial charge in [0.05, 0.1) is 16.6 Å². The number of halogens is 3. The molecule has 0 aliphatic heterocycles. The molecule has 7 heteroatoms. The second-order valence-corrected chi connectivity index (χ2v) is 9.61. The molecule has 36 heavy (non-hydrogen) atoms. The number of benzene rings is 3. The number of amides is 1. The molecule has 0 saturated heterocycles. The molecule has 1 amide bonds. The van der Waals surface area contributed by atoms with Crippen LogP contribution in [-0.2, 0) is 11.0 Å². The van der Waals surface area contributed by atoms with Crippen molar-refractivity contribution in [2.75, 3.05) is 7.05 Å². The van der Waals surface area contributed by atoms with Crippen LogP contribution in [-0.4, -0.2) is 22.9 Å². The average molecular weight is 492 g/mol. The van der Waals surface area contributed by atoms with Crippen LogP contribution in [0.2, 0.25) is 0 Å². The van der Waals surface area contributed by atoms with Crippen LogP contribution in [0.15, 0.2) is 66.7 Å². The molecule has 1 fully saturated rings. The fourth-order valence-corrected chi connectivity index (χ4v) is 5.16. The Balaban J connectivity index is 1.26. The topological polar surface area (TPSA) is 57.8 Å². The minimum Gasteiger partial charge on any atom is -0.359 e. The zero-order valence-corrected chi connectivity index (χ0v) is 20.0. The molecule has 0 bridgehead atoms. The van der Waals surface area contributed by atoms with Gasteiger partial charge in [0, 0.05) is 19.0 Å². The molecule has 2 N–H and O–H groups in total. The largest absolute Gasteiger partial charge is 0.416 e. The summed E-state index contributed by atoms with van der Waals surface area (Å²) in [5.41, 5.74) is 4.50. The molecule has 0 spiro atoms. The lowest BCUT2D eigenvalue weighted by Gasteiger charge is -2.28. The molecule has 186 valence electrons. The second kappa shape index (κ2) is 9.80. The van der Waals surface area contributed by atoms with Gasteiger partial charge in [-0.2, -0.15) is 13.2 Å². The van der Waals surface area contributed by atoms with Crippen LogP contribution in [0.3, 0.4) is 0 Å². The number of carbonyl (C=O) groups excluding carboxylic acids is 1. The lowest BCUT2D eigenvalue weighted by molar-refractivity contribution is -0.137. The summed E-state index contributed by atoms with van der Waals surface area (Å²) in [7, 11) is 1.69. The number of fused-ring (bicyclic) bond motifs is 1. The van der Waals surface area contributed by atoms with Gasteiger partial charge in [-0.3, -0.25) is 4.79 Å². The smallest absolute Gasteiger partial charge is 0.359 e. The van der Waals surface area contributed by atoms with Crippen molar-refractivity contribution >= 4 is 16.9 Å². The number of rotatable bonds is 5. The highest BCUT2D eigenvalue weighted by atomic mass is 19.4. The first-order valence-electron chi connectivity index (χ1n) is 12.3. The summed E-state index contributed by atoms with van der Waals surface area (Å²) in [6, 6.07) is 20.1. The summed E-state index contributed by atoms with van der Waals surface area (Å²) in [5.74, 6) is 1.69. The first kappa shape index (κ1) is 24.1. The summed E-state index contributed by atoms with van der Waals surface area (Å²) in [4.78, 5) is 19.1. The van der Waals surface area contributed by atoms with E-state index in [1.165, 1.54) is 11.6 Å². The quantitative estimate of drug-likeness (QED) is 0.307. The molecule has 1 saturated carbocycles. The lowest BCUT2D eigenvalue weighted by Crippen LogP contribution is -2.23. The van der Waals surface area contributed by atoms with Gasteiger partial charge in [-0.1, -0.05) is 48.5 Å². The molecule has 0 unspecified atom stereocenters. The highest BCUT2D eigenvalue weighted by Gasteiger charge is 2.30. The van der Waals surface area contributed by atoms with Crippen LogP contribution in [0.25, 0.3) is 33.5 Å². The van der Waals surface area contributed by atoms with Gasteiger partial charge >= 0.3 is 6.18 Å². The third-order valence-electron chi connectivity index (χ3n) is 7.28. The summed E-state index contributed by atoms with van der Waals surface area (Å²) >= 11 is 0. The van der Waals surface area contributed by atoms with Crippen molar-refractivity contribution in [2.24, 2.45) is 5.92 Å². The molecule has 4 nitrogen and oxygen atoms in total. The van der Waals surface area contributed by atoms with Gasteiger partial charge in [0.1, 0.15) is 5.82 Å². The average Bonchev–Trinajstić information content (AvgIpc) is 3.32. The Morgan fingerprint density at radius 2 is 1.53 bits per heavy atom. The van der Waals surface area contributed by atoms with Crippen LogP contribution < -0.4 is 5.32 Å². The van der Waals surface area contributed by atoms with Crippen molar-refractivity contribution in [3.05, 3.63) is 77.9 Å². The number of alkyl halides is 3. The van der Waals surface area contributed by atoms with Gasteiger partial charge in [0.25, 0.3) is 0 Å². The first-order valence-corrected chi connectivity index (χ1v) is 12.3. The fourth-order valence-electron chi connectivity index (χ4n) is 5.16. The number of hydrogen-bond acceptors (Lipinski definition) is 2. The Morgan fingerprint density at radius 3 is 2.14 bits per heavy atom. The SMILES string of the molecule is CNC(=O)CC1CCC(c2ccc(-c3ccc(-c4nc5ccc(C(F)(F)F)cc5[nH]4)cc3)cc2)CC1.